The van der Waals surface area contributed by atoms with E-state index in [4.69, 9.17) is 0 Å². The van der Waals surface area contributed by atoms with Crippen LogP contribution >= 0.6 is 15.9 Å². The maximum absolute atomic E-state index is 13.6. The third-order valence-electron chi connectivity index (χ3n) is 2.72. The van der Waals surface area contributed by atoms with Crippen LogP contribution in [0.5, 0.6) is 0 Å². The average Bonchev–Trinajstić information content (AvgIpc) is 2.75. The van der Waals surface area contributed by atoms with Crippen LogP contribution in [0.15, 0.2) is 28.7 Å². The van der Waals surface area contributed by atoms with Crippen LogP contribution in [0.2, 0.25) is 0 Å². The normalized spacial score (nSPS) is 11.0. The molecule has 0 aliphatic heterocycles. The summed E-state index contributed by atoms with van der Waals surface area (Å²) in [6.45, 7) is 1.29. The molecular weight excluding hydrogens is 351 g/mol. The van der Waals surface area contributed by atoms with Gasteiger partial charge >= 0.3 is 0 Å². The van der Waals surface area contributed by atoms with Gasteiger partial charge in [-0.15, -0.1) is 0 Å². The molecule has 0 aliphatic rings. The summed E-state index contributed by atoms with van der Waals surface area (Å²) in [6, 6.07) is 5.40. The Hall–Kier alpha value is -1.83. The van der Waals surface area contributed by atoms with Gasteiger partial charge in [0.2, 0.25) is 5.91 Å². The lowest BCUT2D eigenvalue weighted by molar-refractivity contribution is -0.117. The van der Waals surface area contributed by atoms with E-state index in [9.17, 15) is 18.0 Å². The summed E-state index contributed by atoms with van der Waals surface area (Å²) in [5.41, 5.74) is 0.0499. The zero-order chi connectivity index (χ0) is 15.6. The predicted molar refractivity (Wildman–Crippen MR) is 74.7 cm³/mol. The molecule has 1 amide bonds. The minimum Gasteiger partial charge on any atom is -0.322 e. The molecule has 1 aromatic carbocycles. The van der Waals surface area contributed by atoms with E-state index in [0.717, 1.165) is 4.68 Å². The summed E-state index contributed by atoms with van der Waals surface area (Å²) in [4.78, 5) is 11.8. The third-order valence-corrected chi connectivity index (χ3v) is 3.22. The molecule has 0 spiro atoms. The second kappa shape index (κ2) is 6.30. The van der Waals surface area contributed by atoms with Crippen LogP contribution in [0.3, 0.4) is 0 Å². The van der Waals surface area contributed by atoms with Crippen LogP contribution in [-0.2, 0) is 11.3 Å². The molecule has 8 heteroatoms. The Morgan fingerprint density at radius 2 is 2.14 bits per heavy atom. The van der Waals surface area contributed by atoms with E-state index in [1.165, 1.54) is 18.2 Å². The second-order valence-corrected chi connectivity index (χ2v) is 5.26. The molecule has 1 aromatic heterocycles. The number of anilines is 1. The number of alkyl halides is 2. The highest BCUT2D eigenvalue weighted by Crippen LogP contribution is 2.20. The minimum absolute atomic E-state index is 0.0158. The van der Waals surface area contributed by atoms with E-state index in [0.29, 0.717) is 10.2 Å². The highest BCUT2D eigenvalue weighted by Gasteiger charge is 2.15. The summed E-state index contributed by atoms with van der Waals surface area (Å²) in [6.07, 6.45) is -2.70. The zero-order valence-corrected chi connectivity index (χ0v) is 12.5. The van der Waals surface area contributed by atoms with Gasteiger partial charge < -0.3 is 5.32 Å². The first-order chi connectivity index (χ1) is 9.86. The van der Waals surface area contributed by atoms with E-state index in [-0.39, 0.29) is 12.2 Å². The molecule has 0 aliphatic carbocycles. The third kappa shape index (κ3) is 3.84. The number of benzene rings is 1. The highest BCUT2D eigenvalue weighted by atomic mass is 79.9. The smallest absolute Gasteiger partial charge is 0.282 e. The highest BCUT2D eigenvalue weighted by molar-refractivity contribution is 9.10. The Kier molecular flexibility index (Phi) is 4.66. The van der Waals surface area contributed by atoms with Crippen LogP contribution in [0.1, 0.15) is 17.8 Å². The van der Waals surface area contributed by atoms with Gasteiger partial charge in [0.1, 0.15) is 18.1 Å². The minimum atomic E-state index is -2.70. The van der Waals surface area contributed by atoms with Gasteiger partial charge in [-0.05, 0) is 31.2 Å². The number of aromatic nitrogens is 2. The molecule has 0 fully saturated rings. The van der Waals surface area contributed by atoms with Crippen molar-refractivity contribution in [3.8, 4) is 0 Å². The molecular formula is C13H11BrF3N3O. The SMILES string of the molecule is Cc1cc(C(F)F)nn1CC(=O)Nc1ccc(Br)cc1F. The molecule has 0 unspecified atom stereocenters. The average molecular weight is 362 g/mol. The van der Waals surface area contributed by atoms with Gasteiger partial charge in [0.15, 0.2) is 0 Å². The molecule has 4 nitrogen and oxygen atoms in total. The van der Waals surface area contributed by atoms with E-state index in [1.807, 2.05) is 0 Å². The quantitative estimate of drug-likeness (QED) is 0.902. The van der Waals surface area contributed by atoms with Gasteiger partial charge in [-0.2, -0.15) is 5.10 Å². The lowest BCUT2D eigenvalue weighted by atomic mass is 10.3. The van der Waals surface area contributed by atoms with Crippen molar-refractivity contribution in [2.75, 3.05) is 5.32 Å². The van der Waals surface area contributed by atoms with Crippen molar-refractivity contribution < 1.29 is 18.0 Å². The van der Waals surface area contributed by atoms with Crippen molar-refractivity contribution in [1.82, 2.24) is 9.78 Å². The topological polar surface area (TPSA) is 46.9 Å². The molecule has 0 saturated heterocycles. The summed E-state index contributed by atoms with van der Waals surface area (Å²) in [7, 11) is 0. The van der Waals surface area contributed by atoms with Crippen molar-refractivity contribution in [3.63, 3.8) is 0 Å². The van der Waals surface area contributed by atoms with Crippen molar-refractivity contribution >= 4 is 27.5 Å². The molecule has 0 atom stereocenters. The Labute approximate surface area is 127 Å². The number of carbonyl (C=O) groups excluding carboxylic acids is 1. The molecule has 1 N–H and O–H groups in total. The largest absolute Gasteiger partial charge is 0.322 e. The first-order valence-electron chi connectivity index (χ1n) is 5.94. The van der Waals surface area contributed by atoms with E-state index in [2.05, 4.69) is 26.3 Å². The summed E-state index contributed by atoms with van der Waals surface area (Å²) < 4.78 is 40.3. The number of carbonyl (C=O) groups is 1. The molecule has 21 heavy (non-hydrogen) atoms. The van der Waals surface area contributed by atoms with Crippen LogP contribution in [0.25, 0.3) is 0 Å². The number of aryl methyl sites for hydroxylation is 1. The molecule has 112 valence electrons. The molecule has 0 radical (unpaired) electrons. The number of rotatable bonds is 4. The summed E-state index contributed by atoms with van der Waals surface area (Å²) >= 11 is 3.10. The van der Waals surface area contributed by atoms with Crippen molar-refractivity contribution in [3.05, 3.63) is 45.9 Å². The maximum atomic E-state index is 13.6. The Morgan fingerprint density at radius 3 is 2.71 bits per heavy atom. The van der Waals surface area contributed by atoms with Crippen LogP contribution in [0, 0.1) is 12.7 Å². The first-order valence-corrected chi connectivity index (χ1v) is 6.73. The zero-order valence-electron chi connectivity index (χ0n) is 10.9. The first kappa shape index (κ1) is 15.6. The van der Waals surface area contributed by atoms with Gasteiger partial charge in [0.05, 0.1) is 5.69 Å². The van der Waals surface area contributed by atoms with E-state index >= 15 is 0 Å². The number of halogens is 4. The van der Waals surface area contributed by atoms with Crippen molar-refractivity contribution in [2.24, 2.45) is 0 Å². The van der Waals surface area contributed by atoms with Crippen LogP contribution in [0.4, 0.5) is 18.9 Å². The predicted octanol–water partition coefficient (Wildman–Crippen LogP) is 3.67. The molecule has 0 bridgehead atoms. The lowest BCUT2D eigenvalue weighted by Gasteiger charge is -2.08. The lowest BCUT2D eigenvalue weighted by Crippen LogP contribution is -2.21. The molecule has 2 rings (SSSR count). The van der Waals surface area contributed by atoms with Crippen molar-refractivity contribution in [2.45, 2.75) is 19.9 Å². The fraction of sp³-hybridized carbons (Fsp3) is 0.231. The van der Waals surface area contributed by atoms with E-state index < -0.39 is 23.8 Å². The molecule has 1 heterocycles. The monoisotopic (exact) mass is 361 g/mol. The number of hydrogen-bond donors (Lipinski definition) is 1. The molecule has 2 aromatic rings. The van der Waals surface area contributed by atoms with Gasteiger partial charge in [0, 0.05) is 10.2 Å². The summed E-state index contributed by atoms with van der Waals surface area (Å²) in [5, 5.41) is 6.00. The van der Waals surface area contributed by atoms with Gasteiger partial charge in [-0.3, -0.25) is 9.48 Å². The van der Waals surface area contributed by atoms with Gasteiger partial charge in [-0.1, -0.05) is 15.9 Å². The molecule has 0 saturated carbocycles. The number of nitrogens with zero attached hydrogens (tertiary/aromatic N) is 2. The number of nitrogens with one attached hydrogen (secondary N) is 1. The standard InChI is InChI=1S/C13H11BrF3N3O/c1-7-4-11(13(16)17)19-20(7)6-12(21)18-10-3-2-8(14)5-9(10)15/h2-5,13H,6H2,1H3,(H,18,21). The fourth-order valence-corrected chi connectivity index (χ4v) is 2.05. The number of amides is 1. The van der Waals surface area contributed by atoms with Crippen molar-refractivity contribution in [1.29, 1.82) is 0 Å². The Morgan fingerprint density at radius 1 is 1.43 bits per heavy atom. The van der Waals surface area contributed by atoms with Gasteiger partial charge in [0.25, 0.3) is 6.43 Å². The number of hydrogen-bond acceptors (Lipinski definition) is 2. The van der Waals surface area contributed by atoms with Crippen LogP contribution < -0.4 is 5.32 Å². The second-order valence-electron chi connectivity index (χ2n) is 4.34. The summed E-state index contributed by atoms with van der Waals surface area (Å²) in [5.74, 6) is -1.15. The van der Waals surface area contributed by atoms with Gasteiger partial charge in [-0.25, -0.2) is 13.2 Å². The maximum Gasteiger partial charge on any atom is 0.282 e. The van der Waals surface area contributed by atoms with Crippen LogP contribution in [-0.4, -0.2) is 15.7 Å². The fourth-order valence-electron chi connectivity index (χ4n) is 1.72. The Bertz CT molecular complexity index is 673. The Balaban J connectivity index is 2.08. The van der Waals surface area contributed by atoms with E-state index in [1.54, 1.807) is 13.0 Å².